The minimum Gasteiger partial charge on any atom is -0.380 e. The largest absolute Gasteiger partial charge is 0.380 e. The van der Waals surface area contributed by atoms with Crippen LogP contribution in [0.3, 0.4) is 0 Å². The first-order valence-corrected chi connectivity index (χ1v) is 6.30. The van der Waals surface area contributed by atoms with E-state index in [0.29, 0.717) is 0 Å². The zero-order chi connectivity index (χ0) is 11.4. The van der Waals surface area contributed by atoms with Gasteiger partial charge in [0.15, 0.2) is 0 Å². The number of hydrogen-bond acceptors (Lipinski definition) is 2. The SMILES string of the molecule is Cc1ccc(NCC2=CCCOC2)c(Br)c1. The molecule has 0 atom stereocenters. The maximum atomic E-state index is 5.40. The fraction of sp³-hybridized carbons (Fsp3) is 0.385. The number of halogens is 1. The standard InChI is InChI=1S/C13H16BrNO/c1-10-4-5-13(12(14)7-10)15-8-11-3-2-6-16-9-11/h3-5,7,15H,2,6,8-9H2,1H3. The molecule has 1 aliphatic rings. The molecule has 86 valence electrons. The molecule has 1 heterocycles. The highest BCUT2D eigenvalue weighted by Crippen LogP contribution is 2.23. The predicted molar refractivity (Wildman–Crippen MR) is 70.9 cm³/mol. The van der Waals surface area contributed by atoms with Gasteiger partial charge in [-0.3, -0.25) is 0 Å². The van der Waals surface area contributed by atoms with Crippen molar-refractivity contribution in [3.63, 3.8) is 0 Å². The van der Waals surface area contributed by atoms with Crippen LogP contribution in [0.2, 0.25) is 0 Å². The van der Waals surface area contributed by atoms with E-state index in [9.17, 15) is 0 Å². The van der Waals surface area contributed by atoms with Crippen molar-refractivity contribution < 1.29 is 4.74 Å². The number of nitrogens with one attached hydrogen (secondary N) is 1. The molecule has 3 heteroatoms. The van der Waals surface area contributed by atoms with Crippen molar-refractivity contribution in [1.29, 1.82) is 0 Å². The third kappa shape index (κ3) is 3.09. The van der Waals surface area contributed by atoms with E-state index in [2.05, 4.69) is 52.4 Å². The van der Waals surface area contributed by atoms with Gasteiger partial charge in [-0.2, -0.15) is 0 Å². The zero-order valence-electron chi connectivity index (χ0n) is 9.42. The minimum absolute atomic E-state index is 0.760. The molecule has 0 saturated heterocycles. The second-order valence-electron chi connectivity index (χ2n) is 4.04. The number of rotatable bonds is 3. The van der Waals surface area contributed by atoms with Crippen molar-refractivity contribution in [1.82, 2.24) is 0 Å². The summed E-state index contributed by atoms with van der Waals surface area (Å²) in [6.45, 7) is 4.57. The molecule has 1 N–H and O–H groups in total. The quantitative estimate of drug-likeness (QED) is 0.856. The molecule has 1 aromatic carbocycles. The highest BCUT2D eigenvalue weighted by Gasteiger charge is 2.04. The summed E-state index contributed by atoms with van der Waals surface area (Å²) in [5.74, 6) is 0. The second-order valence-corrected chi connectivity index (χ2v) is 4.89. The predicted octanol–water partition coefficient (Wildman–Crippen LogP) is 3.52. The van der Waals surface area contributed by atoms with Crippen LogP contribution in [-0.2, 0) is 4.74 Å². The Balaban J connectivity index is 1.96. The van der Waals surface area contributed by atoms with Gasteiger partial charge >= 0.3 is 0 Å². The highest BCUT2D eigenvalue weighted by atomic mass is 79.9. The lowest BCUT2D eigenvalue weighted by Crippen LogP contribution is -2.14. The van der Waals surface area contributed by atoms with E-state index in [0.717, 1.165) is 36.3 Å². The van der Waals surface area contributed by atoms with Gasteiger partial charge < -0.3 is 10.1 Å². The normalized spacial score (nSPS) is 15.8. The first kappa shape index (κ1) is 11.7. The molecule has 16 heavy (non-hydrogen) atoms. The molecule has 0 bridgehead atoms. The van der Waals surface area contributed by atoms with Crippen LogP contribution in [-0.4, -0.2) is 19.8 Å². The monoisotopic (exact) mass is 281 g/mol. The van der Waals surface area contributed by atoms with Gasteiger partial charge in [-0.1, -0.05) is 12.1 Å². The summed E-state index contributed by atoms with van der Waals surface area (Å²) in [4.78, 5) is 0. The highest BCUT2D eigenvalue weighted by molar-refractivity contribution is 9.10. The Morgan fingerprint density at radius 3 is 3.00 bits per heavy atom. The second kappa shape index (κ2) is 5.51. The van der Waals surface area contributed by atoms with Crippen LogP contribution in [0, 0.1) is 6.92 Å². The van der Waals surface area contributed by atoms with Crippen LogP contribution in [0.15, 0.2) is 34.3 Å². The Morgan fingerprint density at radius 2 is 2.31 bits per heavy atom. The smallest absolute Gasteiger partial charge is 0.0693 e. The van der Waals surface area contributed by atoms with Crippen molar-refractivity contribution in [2.24, 2.45) is 0 Å². The van der Waals surface area contributed by atoms with E-state index in [4.69, 9.17) is 4.74 Å². The molecule has 0 spiro atoms. The molecule has 0 fully saturated rings. The molecule has 0 aliphatic carbocycles. The number of benzene rings is 1. The third-order valence-electron chi connectivity index (χ3n) is 2.61. The van der Waals surface area contributed by atoms with E-state index >= 15 is 0 Å². The fourth-order valence-electron chi connectivity index (χ4n) is 1.70. The van der Waals surface area contributed by atoms with Crippen LogP contribution in [0.25, 0.3) is 0 Å². The van der Waals surface area contributed by atoms with Gasteiger partial charge in [0.25, 0.3) is 0 Å². The topological polar surface area (TPSA) is 21.3 Å². The molecular formula is C13H16BrNO. The van der Waals surface area contributed by atoms with Crippen molar-refractivity contribution in [3.8, 4) is 0 Å². The van der Waals surface area contributed by atoms with Gasteiger partial charge in [0.2, 0.25) is 0 Å². The van der Waals surface area contributed by atoms with Gasteiger partial charge in [-0.05, 0) is 52.5 Å². The first-order chi connectivity index (χ1) is 7.75. The van der Waals surface area contributed by atoms with Crippen LogP contribution in [0.5, 0.6) is 0 Å². The summed E-state index contributed by atoms with van der Waals surface area (Å²) in [7, 11) is 0. The summed E-state index contributed by atoms with van der Waals surface area (Å²) >= 11 is 3.56. The first-order valence-electron chi connectivity index (χ1n) is 5.51. The third-order valence-corrected chi connectivity index (χ3v) is 3.27. The number of anilines is 1. The van der Waals surface area contributed by atoms with Gasteiger partial charge in [0, 0.05) is 16.7 Å². The average molecular weight is 282 g/mol. The Labute approximate surface area is 105 Å². The van der Waals surface area contributed by atoms with Crippen LogP contribution < -0.4 is 5.32 Å². The summed E-state index contributed by atoms with van der Waals surface area (Å²) in [6.07, 6.45) is 3.30. The van der Waals surface area contributed by atoms with Crippen LogP contribution in [0.4, 0.5) is 5.69 Å². The molecule has 1 aromatic rings. The van der Waals surface area contributed by atoms with Crippen molar-refractivity contribution in [2.75, 3.05) is 25.1 Å². The zero-order valence-corrected chi connectivity index (χ0v) is 11.0. The Kier molecular flexibility index (Phi) is 4.02. The van der Waals surface area contributed by atoms with Crippen molar-refractivity contribution in [2.45, 2.75) is 13.3 Å². The van der Waals surface area contributed by atoms with Gasteiger partial charge in [-0.25, -0.2) is 0 Å². The minimum atomic E-state index is 0.760. The maximum absolute atomic E-state index is 5.40. The summed E-state index contributed by atoms with van der Waals surface area (Å²) in [5.41, 5.74) is 3.73. The Bertz CT molecular complexity index is 401. The van der Waals surface area contributed by atoms with Gasteiger partial charge in [0.05, 0.1) is 13.2 Å². The number of hydrogen-bond donors (Lipinski definition) is 1. The van der Waals surface area contributed by atoms with Crippen molar-refractivity contribution in [3.05, 3.63) is 39.9 Å². The van der Waals surface area contributed by atoms with E-state index in [1.54, 1.807) is 0 Å². The summed E-state index contributed by atoms with van der Waals surface area (Å²) in [5, 5.41) is 3.41. The lowest BCUT2D eigenvalue weighted by molar-refractivity contribution is 0.150. The molecule has 2 nitrogen and oxygen atoms in total. The molecule has 0 radical (unpaired) electrons. The van der Waals surface area contributed by atoms with E-state index < -0.39 is 0 Å². The van der Waals surface area contributed by atoms with Crippen LogP contribution in [0.1, 0.15) is 12.0 Å². The van der Waals surface area contributed by atoms with E-state index in [1.807, 2.05) is 0 Å². The number of aryl methyl sites for hydroxylation is 1. The number of ether oxygens (including phenoxy) is 1. The molecular weight excluding hydrogens is 266 g/mol. The van der Waals surface area contributed by atoms with Gasteiger partial charge in [-0.15, -0.1) is 0 Å². The molecule has 2 rings (SSSR count). The lowest BCUT2D eigenvalue weighted by atomic mass is 10.2. The summed E-state index contributed by atoms with van der Waals surface area (Å²) < 4.78 is 6.52. The molecule has 0 amide bonds. The molecule has 0 saturated carbocycles. The van der Waals surface area contributed by atoms with Gasteiger partial charge in [0.1, 0.15) is 0 Å². The maximum Gasteiger partial charge on any atom is 0.0693 e. The molecule has 1 aliphatic heterocycles. The molecule has 0 unspecified atom stereocenters. The average Bonchev–Trinajstić information content (AvgIpc) is 2.29. The lowest BCUT2D eigenvalue weighted by Gasteiger charge is -2.15. The molecule has 0 aromatic heterocycles. The fourth-order valence-corrected chi connectivity index (χ4v) is 2.34. The van der Waals surface area contributed by atoms with Crippen LogP contribution >= 0.6 is 15.9 Å². The van der Waals surface area contributed by atoms with E-state index in [-0.39, 0.29) is 0 Å². The van der Waals surface area contributed by atoms with Crippen molar-refractivity contribution >= 4 is 21.6 Å². The summed E-state index contributed by atoms with van der Waals surface area (Å²) in [6, 6.07) is 6.33. The Morgan fingerprint density at radius 1 is 1.44 bits per heavy atom. The Hall–Kier alpha value is -0.800. The van der Waals surface area contributed by atoms with E-state index in [1.165, 1.54) is 11.1 Å².